The van der Waals surface area contributed by atoms with Crippen molar-refractivity contribution in [1.29, 1.82) is 0 Å². The number of carbonyl (C=O) groups is 1. The highest BCUT2D eigenvalue weighted by atomic mass is 79.9. The van der Waals surface area contributed by atoms with Gasteiger partial charge in [-0.05, 0) is 24.6 Å². The Morgan fingerprint density at radius 3 is 2.54 bits per heavy atom. The molecule has 1 unspecified atom stereocenters. The zero-order valence-corrected chi connectivity index (χ0v) is 18.5. The molecular formula is C17H23BrN2O6S2. The van der Waals surface area contributed by atoms with Gasteiger partial charge in [-0.1, -0.05) is 22.0 Å². The van der Waals surface area contributed by atoms with Gasteiger partial charge in [-0.25, -0.2) is 16.8 Å². The predicted molar refractivity (Wildman–Crippen MR) is 108 cm³/mol. The van der Waals surface area contributed by atoms with Crippen LogP contribution in [0.25, 0.3) is 0 Å². The van der Waals surface area contributed by atoms with Crippen molar-refractivity contribution in [3.63, 3.8) is 0 Å². The molecule has 28 heavy (non-hydrogen) atoms. The SMILES string of the molecule is O=C(CCOc1cccc(Br)c1)N1CCN(S(=O)(=O)C2CCS(=O)(=O)C2)CC1. The van der Waals surface area contributed by atoms with Crippen LogP contribution >= 0.6 is 15.9 Å². The standard InChI is InChI=1S/C17H23BrN2O6S2/c18-14-2-1-3-15(12-14)26-10-4-17(21)19-6-8-20(9-7-19)28(24,25)16-5-11-27(22,23)13-16/h1-3,12,16H,4-11,13H2. The molecule has 0 N–H and O–H groups in total. The summed E-state index contributed by atoms with van der Waals surface area (Å²) < 4.78 is 56.2. The summed E-state index contributed by atoms with van der Waals surface area (Å²) >= 11 is 3.36. The van der Waals surface area contributed by atoms with E-state index in [1.54, 1.807) is 4.90 Å². The molecule has 1 amide bonds. The van der Waals surface area contributed by atoms with Gasteiger partial charge in [0.15, 0.2) is 9.84 Å². The summed E-state index contributed by atoms with van der Waals surface area (Å²) in [6, 6.07) is 7.35. The van der Waals surface area contributed by atoms with E-state index in [0.29, 0.717) is 18.8 Å². The monoisotopic (exact) mass is 494 g/mol. The number of benzene rings is 1. The molecule has 2 saturated heterocycles. The molecule has 2 aliphatic heterocycles. The molecule has 1 aromatic carbocycles. The number of hydrogen-bond donors (Lipinski definition) is 0. The van der Waals surface area contributed by atoms with Crippen LogP contribution in [0.15, 0.2) is 28.7 Å². The largest absolute Gasteiger partial charge is 0.493 e. The van der Waals surface area contributed by atoms with Gasteiger partial charge < -0.3 is 9.64 Å². The van der Waals surface area contributed by atoms with E-state index >= 15 is 0 Å². The van der Waals surface area contributed by atoms with E-state index in [1.165, 1.54) is 4.31 Å². The lowest BCUT2D eigenvalue weighted by atomic mass is 10.3. The van der Waals surface area contributed by atoms with Crippen LogP contribution in [-0.2, 0) is 24.7 Å². The van der Waals surface area contributed by atoms with Gasteiger partial charge in [0, 0.05) is 30.7 Å². The lowest BCUT2D eigenvalue weighted by Crippen LogP contribution is -2.52. The first-order valence-electron chi connectivity index (χ1n) is 9.03. The molecule has 3 rings (SSSR count). The zero-order valence-electron chi connectivity index (χ0n) is 15.3. The lowest BCUT2D eigenvalue weighted by molar-refractivity contribution is -0.132. The second kappa shape index (κ2) is 8.68. The lowest BCUT2D eigenvalue weighted by Gasteiger charge is -2.35. The molecule has 156 valence electrons. The molecule has 0 aliphatic carbocycles. The van der Waals surface area contributed by atoms with Gasteiger partial charge >= 0.3 is 0 Å². The number of carbonyl (C=O) groups excluding carboxylic acids is 1. The number of rotatable bonds is 6. The van der Waals surface area contributed by atoms with E-state index < -0.39 is 25.1 Å². The first-order chi connectivity index (χ1) is 13.2. The van der Waals surface area contributed by atoms with Crippen LogP contribution in [0.4, 0.5) is 0 Å². The Kier molecular flexibility index (Phi) is 6.68. The van der Waals surface area contributed by atoms with Gasteiger partial charge in [0.1, 0.15) is 5.75 Å². The maximum Gasteiger partial charge on any atom is 0.226 e. The molecule has 0 radical (unpaired) electrons. The quantitative estimate of drug-likeness (QED) is 0.581. The maximum atomic E-state index is 12.6. The van der Waals surface area contributed by atoms with E-state index in [4.69, 9.17) is 4.74 Å². The van der Waals surface area contributed by atoms with Crippen LogP contribution in [0.1, 0.15) is 12.8 Å². The summed E-state index contributed by atoms with van der Waals surface area (Å²) in [5.41, 5.74) is 0. The average Bonchev–Trinajstić information content (AvgIpc) is 3.02. The number of halogens is 1. The van der Waals surface area contributed by atoms with Crippen molar-refractivity contribution < 1.29 is 26.4 Å². The fourth-order valence-corrected chi connectivity index (χ4v) is 8.26. The van der Waals surface area contributed by atoms with Crippen LogP contribution in [0.5, 0.6) is 5.75 Å². The molecule has 2 heterocycles. The Hall–Kier alpha value is -1.17. The van der Waals surface area contributed by atoms with Crippen molar-refractivity contribution in [1.82, 2.24) is 9.21 Å². The summed E-state index contributed by atoms with van der Waals surface area (Å²) in [6.45, 7) is 1.23. The molecule has 1 atom stereocenters. The fourth-order valence-electron chi connectivity index (χ4n) is 3.37. The highest BCUT2D eigenvalue weighted by molar-refractivity contribution is 9.10. The summed E-state index contributed by atoms with van der Waals surface area (Å²) in [6.07, 6.45) is 0.358. The molecule has 2 fully saturated rings. The van der Waals surface area contributed by atoms with Crippen LogP contribution in [0.3, 0.4) is 0 Å². The van der Waals surface area contributed by atoms with Gasteiger partial charge in [-0.15, -0.1) is 0 Å². The predicted octanol–water partition coefficient (Wildman–Crippen LogP) is 0.879. The zero-order chi connectivity index (χ0) is 20.4. The summed E-state index contributed by atoms with van der Waals surface area (Å²) in [5, 5.41) is -0.863. The number of ether oxygens (including phenoxy) is 1. The highest BCUT2D eigenvalue weighted by Crippen LogP contribution is 2.23. The number of amides is 1. The summed E-state index contributed by atoms with van der Waals surface area (Å²) in [4.78, 5) is 14.0. The molecule has 0 aromatic heterocycles. The molecular weight excluding hydrogens is 472 g/mol. The van der Waals surface area contributed by atoms with Crippen molar-refractivity contribution in [2.45, 2.75) is 18.1 Å². The first kappa shape index (κ1) is 21.5. The molecule has 11 heteroatoms. The van der Waals surface area contributed by atoms with Gasteiger partial charge in [0.25, 0.3) is 0 Å². The number of sulfone groups is 1. The minimum absolute atomic E-state index is 0.0761. The van der Waals surface area contributed by atoms with Crippen molar-refractivity contribution in [3.05, 3.63) is 28.7 Å². The third-order valence-electron chi connectivity index (χ3n) is 4.94. The Bertz CT molecular complexity index is 927. The smallest absolute Gasteiger partial charge is 0.226 e. The number of nitrogens with zero attached hydrogens (tertiary/aromatic N) is 2. The number of sulfonamides is 1. The Morgan fingerprint density at radius 1 is 1.21 bits per heavy atom. The van der Waals surface area contributed by atoms with E-state index in [0.717, 1.165) is 4.47 Å². The second-order valence-corrected chi connectivity index (χ2v) is 12.3. The van der Waals surface area contributed by atoms with E-state index in [1.807, 2.05) is 24.3 Å². The van der Waals surface area contributed by atoms with Crippen LogP contribution in [0.2, 0.25) is 0 Å². The van der Waals surface area contributed by atoms with Gasteiger partial charge in [0.2, 0.25) is 15.9 Å². The van der Waals surface area contributed by atoms with Gasteiger partial charge in [-0.2, -0.15) is 4.31 Å². The maximum absolute atomic E-state index is 12.6. The minimum atomic E-state index is -3.65. The second-order valence-electron chi connectivity index (χ2n) is 6.91. The van der Waals surface area contributed by atoms with Crippen molar-refractivity contribution in [2.24, 2.45) is 0 Å². The third kappa shape index (κ3) is 5.25. The molecule has 0 bridgehead atoms. The van der Waals surface area contributed by atoms with E-state index in [-0.39, 0.29) is 50.0 Å². The topological polar surface area (TPSA) is 101 Å². The van der Waals surface area contributed by atoms with Crippen molar-refractivity contribution in [2.75, 3.05) is 44.3 Å². The molecule has 8 nitrogen and oxygen atoms in total. The molecule has 0 spiro atoms. The van der Waals surface area contributed by atoms with Crippen molar-refractivity contribution >= 4 is 41.7 Å². The van der Waals surface area contributed by atoms with Crippen LogP contribution in [0, 0.1) is 0 Å². The molecule has 1 aromatic rings. The Labute approximate surface area is 173 Å². The molecule has 0 saturated carbocycles. The fraction of sp³-hybridized carbons (Fsp3) is 0.588. The van der Waals surface area contributed by atoms with Crippen LogP contribution < -0.4 is 4.74 Å². The molecule has 2 aliphatic rings. The average molecular weight is 495 g/mol. The van der Waals surface area contributed by atoms with Gasteiger partial charge in [-0.3, -0.25) is 4.79 Å². The normalized spacial score (nSPS) is 22.9. The third-order valence-corrected chi connectivity index (χ3v) is 9.75. The number of piperazine rings is 1. The minimum Gasteiger partial charge on any atom is -0.493 e. The van der Waals surface area contributed by atoms with Crippen molar-refractivity contribution in [3.8, 4) is 5.75 Å². The summed E-state index contributed by atoms with van der Waals surface area (Å²) in [7, 11) is -6.92. The Morgan fingerprint density at radius 2 is 1.93 bits per heavy atom. The number of hydrogen-bond acceptors (Lipinski definition) is 6. The van der Waals surface area contributed by atoms with E-state index in [2.05, 4.69) is 15.9 Å². The summed E-state index contributed by atoms with van der Waals surface area (Å²) in [5.74, 6) is 0.203. The highest BCUT2D eigenvalue weighted by Gasteiger charge is 2.41. The first-order valence-corrected chi connectivity index (χ1v) is 13.1. The van der Waals surface area contributed by atoms with E-state index in [9.17, 15) is 21.6 Å². The van der Waals surface area contributed by atoms with Crippen LogP contribution in [-0.4, -0.2) is 81.5 Å². The van der Waals surface area contributed by atoms with Gasteiger partial charge in [0.05, 0.1) is 29.8 Å². The Balaban J connectivity index is 1.46.